The SMILES string of the molecule is CCCCC1NC(C(C)C)N(CCCOCC)C1=O. The number of hydrogen-bond donors (Lipinski definition) is 1. The molecule has 0 spiro atoms. The Kier molecular flexibility index (Phi) is 7.39. The zero-order valence-corrected chi connectivity index (χ0v) is 12.9. The maximum Gasteiger partial charge on any atom is 0.241 e. The molecule has 112 valence electrons. The van der Waals surface area contributed by atoms with Crippen molar-refractivity contribution in [2.24, 2.45) is 5.92 Å². The third-order valence-corrected chi connectivity index (χ3v) is 3.66. The molecular weight excluding hydrogens is 240 g/mol. The minimum absolute atomic E-state index is 0.0273. The lowest BCUT2D eigenvalue weighted by atomic mass is 10.1. The summed E-state index contributed by atoms with van der Waals surface area (Å²) in [7, 11) is 0. The third-order valence-electron chi connectivity index (χ3n) is 3.66. The number of carbonyl (C=O) groups excluding carboxylic acids is 1. The number of nitrogens with zero attached hydrogens (tertiary/aromatic N) is 1. The van der Waals surface area contributed by atoms with Crippen LogP contribution < -0.4 is 5.32 Å². The molecule has 1 amide bonds. The number of rotatable bonds is 9. The minimum atomic E-state index is 0.0273. The summed E-state index contributed by atoms with van der Waals surface area (Å²) in [6.45, 7) is 10.8. The van der Waals surface area contributed by atoms with E-state index in [-0.39, 0.29) is 18.1 Å². The van der Waals surface area contributed by atoms with Gasteiger partial charge in [-0.3, -0.25) is 10.1 Å². The van der Waals surface area contributed by atoms with Crippen LogP contribution in [0.2, 0.25) is 0 Å². The van der Waals surface area contributed by atoms with Crippen LogP contribution in [0.3, 0.4) is 0 Å². The van der Waals surface area contributed by atoms with Gasteiger partial charge in [0.25, 0.3) is 0 Å². The number of unbranched alkanes of at least 4 members (excludes halogenated alkanes) is 1. The second kappa shape index (κ2) is 8.54. The molecule has 1 aliphatic rings. The fourth-order valence-electron chi connectivity index (χ4n) is 2.60. The van der Waals surface area contributed by atoms with Crippen LogP contribution in [0.5, 0.6) is 0 Å². The molecule has 1 heterocycles. The molecule has 0 aromatic heterocycles. The highest BCUT2D eigenvalue weighted by Gasteiger charge is 2.39. The van der Waals surface area contributed by atoms with E-state index >= 15 is 0 Å². The van der Waals surface area contributed by atoms with E-state index in [1.807, 2.05) is 11.8 Å². The maximum atomic E-state index is 12.4. The van der Waals surface area contributed by atoms with Gasteiger partial charge in [-0.25, -0.2) is 0 Å². The smallest absolute Gasteiger partial charge is 0.241 e. The van der Waals surface area contributed by atoms with Crippen LogP contribution in [0.25, 0.3) is 0 Å². The highest BCUT2D eigenvalue weighted by molar-refractivity contribution is 5.84. The van der Waals surface area contributed by atoms with Crippen LogP contribution >= 0.6 is 0 Å². The van der Waals surface area contributed by atoms with Gasteiger partial charge in [-0.2, -0.15) is 0 Å². The number of amides is 1. The molecule has 0 aliphatic carbocycles. The second-order valence-electron chi connectivity index (χ2n) is 5.63. The van der Waals surface area contributed by atoms with Crippen molar-refractivity contribution in [2.45, 2.75) is 65.6 Å². The molecule has 1 saturated heterocycles. The Hall–Kier alpha value is -0.610. The van der Waals surface area contributed by atoms with E-state index < -0.39 is 0 Å². The molecule has 1 N–H and O–H groups in total. The summed E-state index contributed by atoms with van der Waals surface area (Å²) in [6.07, 6.45) is 4.32. The molecule has 0 saturated carbocycles. The first-order valence-corrected chi connectivity index (χ1v) is 7.76. The summed E-state index contributed by atoms with van der Waals surface area (Å²) in [4.78, 5) is 14.4. The van der Waals surface area contributed by atoms with E-state index in [0.717, 1.165) is 45.4 Å². The van der Waals surface area contributed by atoms with Gasteiger partial charge < -0.3 is 9.64 Å². The third kappa shape index (κ3) is 4.77. The minimum Gasteiger partial charge on any atom is -0.382 e. The molecule has 0 bridgehead atoms. The van der Waals surface area contributed by atoms with Crippen molar-refractivity contribution in [1.29, 1.82) is 0 Å². The molecule has 4 heteroatoms. The molecule has 4 nitrogen and oxygen atoms in total. The zero-order valence-electron chi connectivity index (χ0n) is 12.9. The summed E-state index contributed by atoms with van der Waals surface area (Å²) < 4.78 is 5.36. The number of nitrogens with one attached hydrogen (secondary N) is 1. The van der Waals surface area contributed by atoms with Gasteiger partial charge in [0.2, 0.25) is 5.91 Å². The first-order chi connectivity index (χ1) is 9.11. The molecule has 2 atom stereocenters. The van der Waals surface area contributed by atoms with E-state index in [1.54, 1.807) is 0 Å². The Morgan fingerprint density at radius 3 is 2.63 bits per heavy atom. The fourth-order valence-corrected chi connectivity index (χ4v) is 2.60. The molecule has 1 aliphatic heterocycles. The van der Waals surface area contributed by atoms with Crippen molar-refractivity contribution >= 4 is 5.91 Å². The standard InChI is InChI=1S/C15H30N2O2/c1-5-7-9-13-15(18)17(10-8-11-19-6-2)14(16-13)12(3)4/h12-14,16H,5-11H2,1-4H3. The summed E-state index contributed by atoms with van der Waals surface area (Å²) in [5, 5.41) is 3.50. The molecule has 1 fully saturated rings. The summed E-state index contributed by atoms with van der Waals surface area (Å²) in [5.74, 6) is 0.728. The van der Waals surface area contributed by atoms with E-state index in [2.05, 4.69) is 26.1 Å². The van der Waals surface area contributed by atoms with Crippen molar-refractivity contribution in [3.8, 4) is 0 Å². The maximum absolute atomic E-state index is 12.4. The van der Waals surface area contributed by atoms with E-state index in [1.165, 1.54) is 0 Å². The largest absolute Gasteiger partial charge is 0.382 e. The predicted molar refractivity (Wildman–Crippen MR) is 77.9 cm³/mol. The Morgan fingerprint density at radius 1 is 1.32 bits per heavy atom. The van der Waals surface area contributed by atoms with Gasteiger partial charge in [0.1, 0.15) is 0 Å². The molecule has 0 radical (unpaired) electrons. The molecule has 1 rings (SSSR count). The van der Waals surface area contributed by atoms with E-state index in [9.17, 15) is 4.79 Å². The Morgan fingerprint density at radius 2 is 2.05 bits per heavy atom. The molecular formula is C15H30N2O2. The number of hydrogen-bond acceptors (Lipinski definition) is 3. The van der Waals surface area contributed by atoms with Crippen molar-refractivity contribution < 1.29 is 9.53 Å². The Bertz CT molecular complexity index is 269. The van der Waals surface area contributed by atoms with Gasteiger partial charge in [-0.1, -0.05) is 33.6 Å². The fraction of sp³-hybridized carbons (Fsp3) is 0.933. The number of carbonyl (C=O) groups is 1. The predicted octanol–water partition coefficient (Wildman–Crippen LogP) is 2.39. The van der Waals surface area contributed by atoms with Crippen LogP contribution in [-0.2, 0) is 9.53 Å². The van der Waals surface area contributed by atoms with Gasteiger partial charge >= 0.3 is 0 Å². The van der Waals surface area contributed by atoms with Crippen LogP contribution in [0.1, 0.15) is 53.4 Å². The first kappa shape index (κ1) is 16.4. The Labute approximate surface area is 117 Å². The van der Waals surface area contributed by atoms with Crippen LogP contribution in [-0.4, -0.2) is 42.8 Å². The topological polar surface area (TPSA) is 41.6 Å². The average Bonchev–Trinajstić information content (AvgIpc) is 2.70. The summed E-state index contributed by atoms with van der Waals surface area (Å²) in [5.41, 5.74) is 0. The lowest BCUT2D eigenvalue weighted by Crippen LogP contribution is -2.42. The monoisotopic (exact) mass is 270 g/mol. The quantitative estimate of drug-likeness (QED) is 0.654. The summed E-state index contributed by atoms with van der Waals surface area (Å²) in [6, 6.07) is 0.0273. The van der Waals surface area contributed by atoms with Crippen molar-refractivity contribution in [3.05, 3.63) is 0 Å². The molecule has 19 heavy (non-hydrogen) atoms. The first-order valence-electron chi connectivity index (χ1n) is 7.76. The van der Waals surface area contributed by atoms with Crippen molar-refractivity contribution in [3.63, 3.8) is 0 Å². The van der Waals surface area contributed by atoms with Gasteiger partial charge in [-0.05, 0) is 25.7 Å². The van der Waals surface area contributed by atoms with Crippen molar-refractivity contribution in [2.75, 3.05) is 19.8 Å². The highest BCUT2D eigenvalue weighted by atomic mass is 16.5. The lowest BCUT2D eigenvalue weighted by Gasteiger charge is -2.27. The highest BCUT2D eigenvalue weighted by Crippen LogP contribution is 2.20. The van der Waals surface area contributed by atoms with Gasteiger partial charge in [0.05, 0.1) is 12.2 Å². The Balaban J connectivity index is 2.51. The van der Waals surface area contributed by atoms with E-state index in [0.29, 0.717) is 5.92 Å². The van der Waals surface area contributed by atoms with Crippen LogP contribution in [0, 0.1) is 5.92 Å². The van der Waals surface area contributed by atoms with Crippen LogP contribution in [0.4, 0.5) is 0 Å². The van der Waals surface area contributed by atoms with Crippen LogP contribution in [0.15, 0.2) is 0 Å². The van der Waals surface area contributed by atoms with Gasteiger partial charge in [-0.15, -0.1) is 0 Å². The second-order valence-corrected chi connectivity index (χ2v) is 5.63. The summed E-state index contributed by atoms with van der Waals surface area (Å²) >= 11 is 0. The zero-order chi connectivity index (χ0) is 14.3. The molecule has 0 aromatic carbocycles. The normalized spacial score (nSPS) is 23.6. The van der Waals surface area contributed by atoms with Gasteiger partial charge in [0.15, 0.2) is 0 Å². The lowest BCUT2D eigenvalue weighted by molar-refractivity contribution is -0.130. The van der Waals surface area contributed by atoms with Gasteiger partial charge in [0, 0.05) is 19.8 Å². The van der Waals surface area contributed by atoms with E-state index in [4.69, 9.17) is 4.74 Å². The van der Waals surface area contributed by atoms with Crippen molar-refractivity contribution in [1.82, 2.24) is 10.2 Å². The molecule has 0 aromatic rings. The molecule has 2 unspecified atom stereocenters. The average molecular weight is 270 g/mol. The number of ether oxygens (including phenoxy) is 1.